The number of nitrogens with two attached hydrogens (primary N) is 1. The number of nitrogens with one attached hydrogen (secondary N) is 1. The van der Waals surface area contributed by atoms with Crippen LogP contribution >= 0.6 is 0 Å². The van der Waals surface area contributed by atoms with Gasteiger partial charge >= 0.3 is 6.03 Å². The number of hydrogen-bond donors (Lipinski definition) is 3. The first-order valence-corrected chi connectivity index (χ1v) is 5.07. The highest BCUT2D eigenvalue weighted by molar-refractivity contribution is 5.93. The Labute approximate surface area is 88.4 Å². The first kappa shape index (κ1) is 11.9. The number of rotatable bonds is 3. The Morgan fingerprint density at radius 2 is 2.00 bits per heavy atom. The van der Waals surface area contributed by atoms with Crippen LogP contribution in [-0.2, 0) is 4.79 Å². The van der Waals surface area contributed by atoms with Crippen molar-refractivity contribution < 1.29 is 14.7 Å². The van der Waals surface area contributed by atoms with Crippen molar-refractivity contribution in [2.75, 3.05) is 19.6 Å². The molecule has 15 heavy (non-hydrogen) atoms. The van der Waals surface area contributed by atoms with Gasteiger partial charge in [0.05, 0.1) is 6.10 Å². The average Bonchev–Trinajstić information content (AvgIpc) is 2.16. The Hall–Kier alpha value is -1.14. The van der Waals surface area contributed by atoms with E-state index in [-0.39, 0.29) is 18.4 Å². The maximum atomic E-state index is 11.1. The zero-order valence-corrected chi connectivity index (χ0v) is 8.61. The molecule has 6 heteroatoms. The number of piperidine rings is 1. The van der Waals surface area contributed by atoms with Gasteiger partial charge in [0.1, 0.15) is 0 Å². The summed E-state index contributed by atoms with van der Waals surface area (Å²) in [6.45, 7) is 2.20. The molecule has 0 bridgehead atoms. The van der Waals surface area contributed by atoms with Crippen LogP contribution in [0.25, 0.3) is 0 Å². The number of likely N-dealkylation sites (tertiary alicyclic amines) is 1. The van der Waals surface area contributed by atoms with Crippen molar-refractivity contribution in [3.05, 3.63) is 0 Å². The van der Waals surface area contributed by atoms with E-state index in [1.165, 1.54) is 0 Å². The normalized spacial score (nSPS) is 18.7. The van der Waals surface area contributed by atoms with Gasteiger partial charge in [-0.2, -0.15) is 0 Å². The summed E-state index contributed by atoms with van der Waals surface area (Å²) < 4.78 is 0. The summed E-state index contributed by atoms with van der Waals surface area (Å²) in [5.74, 6) is -0.353. The third-order valence-corrected chi connectivity index (χ3v) is 2.47. The van der Waals surface area contributed by atoms with Gasteiger partial charge in [0.2, 0.25) is 5.91 Å². The minimum absolute atomic E-state index is 0.208. The average molecular weight is 215 g/mol. The van der Waals surface area contributed by atoms with Gasteiger partial charge in [-0.15, -0.1) is 0 Å². The minimum atomic E-state index is -0.811. The van der Waals surface area contributed by atoms with Gasteiger partial charge in [-0.05, 0) is 12.8 Å². The monoisotopic (exact) mass is 215 g/mol. The predicted molar refractivity (Wildman–Crippen MR) is 54.0 cm³/mol. The fraction of sp³-hybridized carbons (Fsp3) is 0.778. The van der Waals surface area contributed by atoms with Crippen LogP contribution in [0, 0.1) is 0 Å². The highest BCUT2D eigenvalue weighted by Crippen LogP contribution is 2.09. The number of amides is 3. The number of imide groups is 1. The van der Waals surface area contributed by atoms with E-state index in [1.807, 2.05) is 5.32 Å². The van der Waals surface area contributed by atoms with Crippen LogP contribution in [0.4, 0.5) is 4.79 Å². The van der Waals surface area contributed by atoms with Crippen LogP contribution in [-0.4, -0.2) is 47.7 Å². The summed E-state index contributed by atoms with van der Waals surface area (Å²) in [4.78, 5) is 23.5. The molecule has 3 amide bonds. The van der Waals surface area contributed by atoms with Crippen LogP contribution in [0.5, 0.6) is 0 Å². The van der Waals surface area contributed by atoms with Crippen molar-refractivity contribution in [1.82, 2.24) is 10.2 Å². The summed E-state index contributed by atoms with van der Waals surface area (Å²) in [5, 5.41) is 11.3. The van der Waals surface area contributed by atoms with Gasteiger partial charge in [0, 0.05) is 26.1 Å². The number of primary amides is 1. The molecule has 0 saturated carbocycles. The molecule has 0 unspecified atom stereocenters. The van der Waals surface area contributed by atoms with E-state index >= 15 is 0 Å². The number of aliphatic hydroxyl groups is 1. The third-order valence-electron chi connectivity index (χ3n) is 2.47. The lowest BCUT2D eigenvalue weighted by Gasteiger charge is -2.29. The second-order valence-corrected chi connectivity index (χ2v) is 3.74. The Balaban J connectivity index is 2.14. The van der Waals surface area contributed by atoms with Gasteiger partial charge < -0.3 is 15.7 Å². The predicted octanol–water partition coefficient (Wildman–Crippen LogP) is -0.972. The Morgan fingerprint density at radius 1 is 1.40 bits per heavy atom. The van der Waals surface area contributed by atoms with Crippen LogP contribution in [0.3, 0.4) is 0 Å². The fourth-order valence-electron chi connectivity index (χ4n) is 1.60. The molecule has 0 aliphatic carbocycles. The highest BCUT2D eigenvalue weighted by Gasteiger charge is 2.17. The molecule has 1 aliphatic heterocycles. The molecule has 1 aliphatic rings. The molecule has 0 radical (unpaired) electrons. The molecule has 0 spiro atoms. The molecule has 0 aromatic heterocycles. The summed E-state index contributed by atoms with van der Waals surface area (Å²) in [7, 11) is 0. The molecular formula is C9H17N3O3. The summed E-state index contributed by atoms with van der Waals surface area (Å²) in [6.07, 6.45) is 1.55. The zero-order chi connectivity index (χ0) is 11.3. The standard InChI is InChI=1S/C9H17N3O3/c10-9(15)11-8(14)3-6-12-4-1-7(13)2-5-12/h7,13H,1-6H2,(H3,10,11,14,15). The van der Waals surface area contributed by atoms with E-state index in [0.29, 0.717) is 6.54 Å². The number of aliphatic hydroxyl groups excluding tert-OH is 1. The molecule has 1 fully saturated rings. The molecule has 0 aromatic carbocycles. The van der Waals surface area contributed by atoms with Gasteiger partial charge in [0.25, 0.3) is 0 Å². The van der Waals surface area contributed by atoms with Crippen molar-refractivity contribution in [3.63, 3.8) is 0 Å². The van der Waals surface area contributed by atoms with Gasteiger partial charge in [0.15, 0.2) is 0 Å². The number of carbonyl (C=O) groups excluding carboxylic acids is 2. The lowest BCUT2D eigenvalue weighted by Crippen LogP contribution is -2.40. The highest BCUT2D eigenvalue weighted by atomic mass is 16.3. The van der Waals surface area contributed by atoms with Crippen LogP contribution in [0.15, 0.2) is 0 Å². The Kier molecular flexibility index (Phi) is 4.51. The number of urea groups is 1. The van der Waals surface area contributed by atoms with Gasteiger partial charge in [-0.3, -0.25) is 10.1 Å². The van der Waals surface area contributed by atoms with Crippen molar-refractivity contribution in [1.29, 1.82) is 0 Å². The van der Waals surface area contributed by atoms with E-state index in [1.54, 1.807) is 0 Å². The zero-order valence-electron chi connectivity index (χ0n) is 8.61. The molecule has 6 nitrogen and oxygen atoms in total. The van der Waals surface area contributed by atoms with Crippen molar-refractivity contribution in [2.24, 2.45) is 5.73 Å². The van der Waals surface area contributed by atoms with Crippen molar-refractivity contribution in [2.45, 2.75) is 25.4 Å². The van der Waals surface area contributed by atoms with E-state index in [2.05, 4.69) is 4.90 Å². The summed E-state index contributed by atoms with van der Waals surface area (Å²) >= 11 is 0. The van der Waals surface area contributed by atoms with Gasteiger partial charge in [-0.1, -0.05) is 0 Å². The number of carbonyl (C=O) groups is 2. The van der Waals surface area contributed by atoms with E-state index in [0.717, 1.165) is 25.9 Å². The molecule has 86 valence electrons. The van der Waals surface area contributed by atoms with Crippen molar-refractivity contribution >= 4 is 11.9 Å². The first-order valence-electron chi connectivity index (χ1n) is 5.07. The number of hydrogen-bond acceptors (Lipinski definition) is 4. The van der Waals surface area contributed by atoms with E-state index < -0.39 is 6.03 Å². The third kappa shape index (κ3) is 4.75. The fourth-order valence-corrected chi connectivity index (χ4v) is 1.60. The summed E-state index contributed by atoms with van der Waals surface area (Å²) in [6, 6.07) is -0.811. The van der Waals surface area contributed by atoms with Crippen LogP contribution in [0.1, 0.15) is 19.3 Å². The maximum Gasteiger partial charge on any atom is 0.318 e. The smallest absolute Gasteiger partial charge is 0.318 e. The van der Waals surface area contributed by atoms with E-state index in [9.17, 15) is 14.7 Å². The Morgan fingerprint density at radius 3 is 2.53 bits per heavy atom. The SMILES string of the molecule is NC(=O)NC(=O)CCN1CCC(O)CC1. The topological polar surface area (TPSA) is 95.7 Å². The Bertz CT molecular complexity index is 237. The lowest BCUT2D eigenvalue weighted by atomic mass is 10.1. The summed E-state index contributed by atoms with van der Waals surface area (Å²) in [5.41, 5.74) is 4.80. The first-order chi connectivity index (χ1) is 7.08. The second kappa shape index (κ2) is 5.67. The molecular weight excluding hydrogens is 198 g/mol. The lowest BCUT2D eigenvalue weighted by molar-refractivity contribution is -0.120. The molecule has 0 atom stereocenters. The molecule has 1 saturated heterocycles. The molecule has 1 rings (SSSR count). The molecule has 1 heterocycles. The minimum Gasteiger partial charge on any atom is -0.393 e. The second-order valence-electron chi connectivity index (χ2n) is 3.74. The van der Waals surface area contributed by atoms with Crippen LogP contribution in [0.2, 0.25) is 0 Å². The maximum absolute atomic E-state index is 11.1. The van der Waals surface area contributed by atoms with Crippen LogP contribution < -0.4 is 11.1 Å². The van der Waals surface area contributed by atoms with E-state index in [4.69, 9.17) is 5.73 Å². The quantitative estimate of drug-likeness (QED) is 0.564. The molecule has 4 N–H and O–H groups in total. The van der Waals surface area contributed by atoms with Crippen molar-refractivity contribution in [3.8, 4) is 0 Å². The van der Waals surface area contributed by atoms with Gasteiger partial charge in [-0.25, -0.2) is 4.79 Å². The molecule has 0 aromatic rings. The number of nitrogens with zero attached hydrogens (tertiary/aromatic N) is 1. The largest absolute Gasteiger partial charge is 0.393 e.